The SMILES string of the molecule is O=C(c1ccco1)N1CCN(c2ncc(-c3ccc(CO)cc3)n3ccnc23)CC1. The Balaban J connectivity index is 1.38. The molecule has 1 fully saturated rings. The summed E-state index contributed by atoms with van der Waals surface area (Å²) in [6.07, 6.45) is 7.05. The highest BCUT2D eigenvalue weighted by atomic mass is 16.3. The smallest absolute Gasteiger partial charge is 0.289 e. The molecule has 4 heterocycles. The topological polar surface area (TPSA) is 87.1 Å². The summed E-state index contributed by atoms with van der Waals surface area (Å²) in [6, 6.07) is 11.2. The third-order valence-corrected chi connectivity index (χ3v) is 5.44. The van der Waals surface area contributed by atoms with Gasteiger partial charge >= 0.3 is 0 Å². The van der Waals surface area contributed by atoms with Crippen molar-refractivity contribution in [1.82, 2.24) is 19.3 Å². The van der Waals surface area contributed by atoms with E-state index in [1.165, 1.54) is 6.26 Å². The van der Waals surface area contributed by atoms with Gasteiger partial charge in [0, 0.05) is 44.1 Å². The molecular weight excluding hydrogens is 382 g/mol. The number of carbonyl (C=O) groups excluding carboxylic acids is 1. The van der Waals surface area contributed by atoms with E-state index in [4.69, 9.17) is 9.40 Å². The molecular formula is C22H21N5O3. The average Bonchev–Trinajstić information content (AvgIpc) is 3.51. The number of aromatic nitrogens is 3. The molecule has 0 bridgehead atoms. The number of anilines is 1. The third kappa shape index (κ3) is 3.21. The van der Waals surface area contributed by atoms with Gasteiger partial charge in [0.2, 0.25) is 0 Å². The van der Waals surface area contributed by atoms with Gasteiger partial charge in [0.25, 0.3) is 5.91 Å². The first-order valence-electron chi connectivity index (χ1n) is 9.84. The first-order chi connectivity index (χ1) is 14.7. The summed E-state index contributed by atoms with van der Waals surface area (Å²) in [5, 5.41) is 9.26. The van der Waals surface area contributed by atoms with Crippen LogP contribution < -0.4 is 4.90 Å². The highest BCUT2D eigenvalue weighted by molar-refractivity contribution is 5.91. The van der Waals surface area contributed by atoms with Crippen LogP contribution in [0, 0.1) is 0 Å². The molecule has 1 aromatic carbocycles. The van der Waals surface area contributed by atoms with Crippen LogP contribution in [0.4, 0.5) is 5.82 Å². The molecule has 1 saturated heterocycles. The van der Waals surface area contributed by atoms with Crippen molar-refractivity contribution < 1.29 is 14.3 Å². The number of aliphatic hydroxyl groups is 1. The van der Waals surface area contributed by atoms with Crippen LogP contribution in [0.5, 0.6) is 0 Å². The van der Waals surface area contributed by atoms with Gasteiger partial charge in [-0.1, -0.05) is 24.3 Å². The Morgan fingerprint density at radius 1 is 1.07 bits per heavy atom. The Labute approximate surface area is 173 Å². The molecule has 1 N–H and O–H groups in total. The zero-order valence-electron chi connectivity index (χ0n) is 16.3. The number of benzene rings is 1. The lowest BCUT2D eigenvalue weighted by Gasteiger charge is -2.35. The Kier molecular flexibility index (Phi) is 4.68. The van der Waals surface area contributed by atoms with Gasteiger partial charge in [0.05, 0.1) is 24.8 Å². The molecule has 0 radical (unpaired) electrons. The molecule has 1 aliphatic rings. The third-order valence-electron chi connectivity index (χ3n) is 5.44. The maximum Gasteiger partial charge on any atom is 0.289 e. The molecule has 30 heavy (non-hydrogen) atoms. The maximum atomic E-state index is 12.5. The van der Waals surface area contributed by atoms with Crippen molar-refractivity contribution in [3.05, 3.63) is 72.6 Å². The number of piperazine rings is 1. The Bertz CT molecular complexity index is 1160. The van der Waals surface area contributed by atoms with Crippen molar-refractivity contribution in [2.45, 2.75) is 6.61 Å². The van der Waals surface area contributed by atoms with Crippen molar-refractivity contribution in [3.8, 4) is 11.3 Å². The van der Waals surface area contributed by atoms with E-state index in [1.54, 1.807) is 23.2 Å². The molecule has 8 heteroatoms. The van der Waals surface area contributed by atoms with Crippen LogP contribution in [0.3, 0.4) is 0 Å². The number of hydrogen-bond donors (Lipinski definition) is 1. The van der Waals surface area contributed by atoms with Gasteiger partial charge in [0.15, 0.2) is 17.2 Å². The van der Waals surface area contributed by atoms with E-state index in [0.717, 1.165) is 28.3 Å². The number of imidazole rings is 1. The molecule has 5 rings (SSSR count). The monoisotopic (exact) mass is 403 g/mol. The zero-order valence-corrected chi connectivity index (χ0v) is 16.3. The molecule has 0 atom stereocenters. The minimum Gasteiger partial charge on any atom is -0.459 e. The molecule has 152 valence electrons. The predicted octanol–water partition coefficient (Wildman–Crippen LogP) is 2.44. The van der Waals surface area contributed by atoms with E-state index in [-0.39, 0.29) is 12.5 Å². The van der Waals surface area contributed by atoms with E-state index in [2.05, 4.69) is 9.88 Å². The van der Waals surface area contributed by atoms with Crippen LogP contribution >= 0.6 is 0 Å². The second kappa shape index (κ2) is 7.64. The van der Waals surface area contributed by atoms with Gasteiger partial charge in [0.1, 0.15) is 0 Å². The molecule has 0 aliphatic carbocycles. The lowest BCUT2D eigenvalue weighted by atomic mass is 10.1. The van der Waals surface area contributed by atoms with Crippen LogP contribution in [0.15, 0.2) is 65.7 Å². The van der Waals surface area contributed by atoms with Crippen LogP contribution in [-0.4, -0.2) is 56.5 Å². The highest BCUT2D eigenvalue weighted by Crippen LogP contribution is 2.26. The fourth-order valence-electron chi connectivity index (χ4n) is 3.80. The van der Waals surface area contributed by atoms with Gasteiger partial charge in [-0.05, 0) is 17.7 Å². The zero-order chi connectivity index (χ0) is 20.5. The fraction of sp³-hybridized carbons (Fsp3) is 0.227. The van der Waals surface area contributed by atoms with Crippen molar-refractivity contribution in [2.75, 3.05) is 31.1 Å². The lowest BCUT2D eigenvalue weighted by molar-refractivity contribution is 0.0714. The molecule has 4 aromatic rings. The summed E-state index contributed by atoms with van der Waals surface area (Å²) in [5.41, 5.74) is 3.59. The standard InChI is InChI=1S/C22H21N5O3/c28-15-16-3-5-17(6-4-16)18-14-24-20(21-23-7-8-27(18)21)25-9-11-26(12-10-25)22(29)19-2-1-13-30-19/h1-8,13-14,28H,9-12,15H2. The quantitative estimate of drug-likeness (QED) is 0.563. The first kappa shape index (κ1) is 18.4. The number of aliphatic hydroxyl groups excluding tert-OH is 1. The second-order valence-electron chi connectivity index (χ2n) is 7.20. The van der Waals surface area contributed by atoms with Gasteiger partial charge < -0.3 is 19.3 Å². The molecule has 1 aliphatic heterocycles. The fourth-order valence-corrected chi connectivity index (χ4v) is 3.80. The molecule has 0 spiro atoms. The summed E-state index contributed by atoms with van der Waals surface area (Å²) >= 11 is 0. The summed E-state index contributed by atoms with van der Waals surface area (Å²) in [6.45, 7) is 2.56. The van der Waals surface area contributed by atoms with Gasteiger partial charge in [-0.2, -0.15) is 0 Å². The summed E-state index contributed by atoms with van der Waals surface area (Å²) in [4.78, 5) is 25.7. The maximum absolute atomic E-state index is 12.5. The summed E-state index contributed by atoms with van der Waals surface area (Å²) in [7, 11) is 0. The van der Waals surface area contributed by atoms with Crippen molar-refractivity contribution >= 4 is 17.4 Å². The molecule has 0 saturated carbocycles. The summed E-state index contributed by atoms with van der Waals surface area (Å²) < 4.78 is 7.26. The van der Waals surface area contributed by atoms with E-state index >= 15 is 0 Å². The van der Waals surface area contributed by atoms with E-state index < -0.39 is 0 Å². The van der Waals surface area contributed by atoms with Crippen LogP contribution in [0.1, 0.15) is 16.1 Å². The van der Waals surface area contributed by atoms with Crippen molar-refractivity contribution in [2.24, 2.45) is 0 Å². The number of furan rings is 1. The Morgan fingerprint density at radius 3 is 2.57 bits per heavy atom. The minimum atomic E-state index is -0.0831. The van der Waals surface area contributed by atoms with Crippen LogP contribution in [0.2, 0.25) is 0 Å². The molecule has 1 amide bonds. The van der Waals surface area contributed by atoms with E-state index in [9.17, 15) is 9.90 Å². The first-order valence-corrected chi connectivity index (χ1v) is 9.84. The number of nitrogens with zero attached hydrogens (tertiary/aromatic N) is 5. The predicted molar refractivity (Wildman–Crippen MR) is 111 cm³/mol. The van der Waals surface area contributed by atoms with Crippen LogP contribution in [0.25, 0.3) is 16.9 Å². The number of carbonyl (C=O) groups is 1. The minimum absolute atomic E-state index is 0.0202. The van der Waals surface area contributed by atoms with E-state index in [1.807, 2.05) is 41.1 Å². The van der Waals surface area contributed by atoms with Crippen LogP contribution in [-0.2, 0) is 6.61 Å². The molecule has 8 nitrogen and oxygen atoms in total. The van der Waals surface area contributed by atoms with Gasteiger partial charge in [-0.3, -0.25) is 9.20 Å². The average molecular weight is 403 g/mol. The highest BCUT2D eigenvalue weighted by Gasteiger charge is 2.26. The normalized spacial score (nSPS) is 14.4. The number of hydrogen-bond acceptors (Lipinski definition) is 6. The van der Waals surface area contributed by atoms with Gasteiger partial charge in [-0.25, -0.2) is 9.97 Å². The van der Waals surface area contributed by atoms with E-state index in [0.29, 0.717) is 31.9 Å². The second-order valence-corrected chi connectivity index (χ2v) is 7.20. The summed E-state index contributed by atoms with van der Waals surface area (Å²) in [5.74, 6) is 1.09. The number of fused-ring (bicyclic) bond motifs is 1. The van der Waals surface area contributed by atoms with Crippen molar-refractivity contribution in [1.29, 1.82) is 0 Å². The Hall–Kier alpha value is -3.65. The van der Waals surface area contributed by atoms with Gasteiger partial charge in [-0.15, -0.1) is 0 Å². The Morgan fingerprint density at radius 2 is 1.87 bits per heavy atom. The largest absolute Gasteiger partial charge is 0.459 e. The molecule has 0 unspecified atom stereocenters. The number of amides is 1. The number of rotatable bonds is 4. The lowest BCUT2D eigenvalue weighted by Crippen LogP contribution is -2.49. The molecule has 3 aromatic heterocycles. The van der Waals surface area contributed by atoms with Crippen molar-refractivity contribution in [3.63, 3.8) is 0 Å².